The molecule has 1 saturated heterocycles. The molecule has 0 aromatic heterocycles. The Balaban J connectivity index is 1.52. The molecule has 1 unspecified atom stereocenters. The standard InChI is InChI=1S/C16H25N3O/c1-18-7-9-19(10-8-18)11-12-20-16-4-2-3-13-14(16)5-6-15(13)17/h2-4,15H,5-12,17H2,1H3. The number of hydrogen-bond donors (Lipinski definition) is 1. The first-order valence-electron chi connectivity index (χ1n) is 7.65. The Morgan fingerprint density at radius 1 is 1.25 bits per heavy atom. The average molecular weight is 275 g/mol. The largest absolute Gasteiger partial charge is 0.492 e. The topological polar surface area (TPSA) is 41.7 Å². The SMILES string of the molecule is CN1CCN(CCOc2cccc3c2CCC3N)CC1. The molecule has 3 rings (SSSR count). The van der Waals surface area contributed by atoms with Crippen molar-refractivity contribution in [3.05, 3.63) is 29.3 Å². The van der Waals surface area contributed by atoms with Crippen molar-refractivity contribution in [2.75, 3.05) is 46.4 Å². The van der Waals surface area contributed by atoms with Gasteiger partial charge in [0.15, 0.2) is 0 Å². The van der Waals surface area contributed by atoms with Crippen molar-refractivity contribution in [2.24, 2.45) is 5.73 Å². The minimum Gasteiger partial charge on any atom is -0.492 e. The van der Waals surface area contributed by atoms with Gasteiger partial charge in [-0.1, -0.05) is 12.1 Å². The van der Waals surface area contributed by atoms with Crippen molar-refractivity contribution >= 4 is 0 Å². The number of nitrogens with two attached hydrogens (primary N) is 1. The summed E-state index contributed by atoms with van der Waals surface area (Å²) in [4.78, 5) is 4.86. The third kappa shape index (κ3) is 2.97. The highest BCUT2D eigenvalue weighted by molar-refractivity contribution is 5.44. The first-order valence-corrected chi connectivity index (χ1v) is 7.65. The number of piperazine rings is 1. The Kier molecular flexibility index (Phi) is 4.24. The fraction of sp³-hybridized carbons (Fsp3) is 0.625. The van der Waals surface area contributed by atoms with E-state index in [9.17, 15) is 0 Å². The molecule has 2 aliphatic rings. The van der Waals surface area contributed by atoms with Crippen molar-refractivity contribution in [2.45, 2.75) is 18.9 Å². The lowest BCUT2D eigenvalue weighted by Gasteiger charge is -2.32. The summed E-state index contributed by atoms with van der Waals surface area (Å²) in [5.41, 5.74) is 8.72. The van der Waals surface area contributed by atoms with Gasteiger partial charge < -0.3 is 15.4 Å². The van der Waals surface area contributed by atoms with Crippen molar-refractivity contribution in [3.8, 4) is 5.75 Å². The third-order valence-electron chi connectivity index (χ3n) is 4.54. The van der Waals surface area contributed by atoms with Crippen LogP contribution in [0.25, 0.3) is 0 Å². The van der Waals surface area contributed by atoms with Crippen LogP contribution in [0.3, 0.4) is 0 Å². The monoisotopic (exact) mass is 275 g/mol. The molecule has 1 fully saturated rings. The summed E-state index contributed by atoms with van der Waals surface area (Å²) in [5, 5.41) is 0. The lowest BCUT2D eigenvalue weighted by atomic mass is 10.1. The van der Waals surface area contributed by atoms with Crippen molar-refractivity contribution < 1.29 is 4.74 Å². The molecule has 1 aliphatic heterocycles. The van der Waals surface area contributed by atoms with Crippen LogP contribution in [0.15, 0.2) is 18.2 Å². The van der Waals surface area contributed by atoms with Gasteiger partial charge >= 0.3 is 0 Å². The van der Waals surface area contributed by atoms with E-state index in [4.69, 9.17) is 10.5 Å². The molecule has 110 valence electrons. The average Bonchev–Trinajstić information content (AvgIpc) is 2.84. The molecular formula is C16H25N3O. The number of rotatable bonds is 4. The molecule has 1 aromatic rings. The highest BCUT2D eigenvalue weighted by atomic mass is 16.5. The molecule has 1 aromatic carbocycles. The van der Waals surface area contributed by atoms with Crippen LogP contribution in [0.5, 0.6) is 5.75 Å². The molecule has 20 heavy (non-hydrogen) atoms. The molecular weight excluding hydrogens is 250 g/mol. The van der Waals surface area contributed by atoms with Gasteiger partial charge in [0.1, 0.15) is 12.4 Å². The Labute approximate surface area is 121 Å². The number of fused-ring (bicyclic) bond motifs is 1. The van der Waals surface area contributed by atoms with Gasteiger partial charge in [0.2, 0.25) is 0 Å². The van der Waals surface area contributed by atoms with Crippen molar-refractivity contribution in [3.63, 3.8) is 0 Å². The first-order chi connectivity index (χ1) is 9.74. The summed E-state index contributed by atoms with van der Waals surface area (Å²) in [5.74, 6) is 1.05. The Bertz CT molecular complexity index is 455. The van der Waals surface area contributed by atoms with E-state index >= 15 is 0 Å². The van der Waals surface area contributed by atoms with Crippen molar-refractivity contribution in [1.82, 2.24) is 9.80 Å². The highest BCUT2D eigenvalue weighted by Crippen LogP contribution is 2.35. The lowest BCUT2D eigenvalue weighted by Crippen LogP contribution is -2.45. The third-order valence-corrected chi connectivity index (χ3v) is 4.54. The van der Waals surface area contributed by atoms with Crippen LogP contribution in [-0.2, 0) is 6.42 Å². The smallest absolute Gasteiger partial charge is 0.122 e. The van der Waals surface area contributed by atoms with Gasteiger partial charge in [0.05, 0.1) is 0 Å². The van der Waals surface area contributed by atoms with Crippen molar-refractivity contribution in [1.29, 1.82) is 0 Å². The first kappa shape index (κ1) is 13.9. The summed E-state index contributed by atoms with van der Waals surface area (Å²) in [7, 11) is 2.18. The number of benzene rings is 1. The normalized spacial score (nSPS) is 23.8. The number of hydrogen-bond acceptors (Lipinski definition) is 4. The molecule has 4 nitrogen and oxygen atoms in total. The van der Waals surface area contributed by atoms with E-state index in [1.165, 1.54) is 11.1 Å². The van der Waals surface area contributed by atoms with Gasteiger partial charge in [-0.05, 0) is 37.1 Å². The Morgan fingerprint density at radius 2 is 2.05 bits per heavy atom. The van der Waals surface area contributed by atoms with Crippen LogP contribution in [0, 0.1) is 0 Å². The quantitative estimate of drug-likeness (QED) is 0.898. The molecule has 0 radical (unpaired) electrons. The summed E-state index contributed by atoms with van der Waals surface area (Å²) < 4.78 is 6.02. The van der Waals surface area contributed by atoms with E-state index in [0.29, 0.717) is 0 Å². The van der Waals surface area contributed by atoms with Gasteiger partial charge in [-0.15, -0.1) is 0 Å². The van der Waals surface area contributed by atoms with Gasteiger partial charge in [0, 0.05) is 38.8 Å². The van der Waals surface area contributed by atoms with Crippen LogP contribution in [-0.4, -0.2) is 56.2 Å². The predicted molar refractivity (Wildman–Crippen MR) is 81.1 cm³/mol. The molecule has 1 aliphatic carbocycles. The highest BCUT2D eigenvalue weighted by Gasteiger charge is 2.22. The molecule has 0 bridgehead atoms. The maximum absolute atomic E-state index is 6.11. The second-order valence-electron chi connectivity index (χ2n) is 5.96. The minimum atomic E-state index is 0.200. The molecule has 0 spiro atoms. The number of likely N-dealkylation sites (N-methyl/N-ethyl adjacent to an activating group) is 1. The predicted octanol–water partition coefficient (Wildman–Crippen LogP) is 1.26. The van der Waals surface area contributed by atoms with Crippen LogP contribution in [0.4, 0.5) is 0 Å². The van der Waals surface area contributed by atoms with Crippen LogP contribution in [0.2, 0.25) is 0 Å². The van der Waals surface area contributed by atoms with E-state index in [-0.39, 0.29) is 6.04 Å². The Hall–Kier alpha value is -1.10. The number of ether oxygens (including phenoxy) is 1. The maximum Gasteiger partial charge on any atom is 0.122 e. The van der Waals surface area contributed by atoms with Crippen LogP contribution >= 0.6 is 0 Å². The lowest BCUT2D eigenvalue weighted by molar-refractivity contribution is 0.133. The van der Waals surface area contributed by atoms with E-state index in [2.05, 4.69) is 35.0 Å². The zero-order valence-corrected chi connectivity index (χ0v) is 12.3. The van der Waals surface area contributed by atoms with E-state index in [1.54, 1.807) is 0 Å². The molecule has 1 atom stereocenters. The summed E-state index contributed by atoms with van der Waals surface area (Å²) >= 11 is 0. The van der Waals surface area contributed by atoms with Crippen LogP contribution in [0.1, 0.15) is 23.6 Å². The van der Waals surface area contributed by atoms with E-state index in [1.807, 2.05) is 0 Å². The second-order valence-corrected chi connectivity index (χ2v) is 5.96. The van der Waals surface area contributed by atoms with Gasteiger partial charge in [-0.3, -0.25) is 4.90 Å². The maximum atomic E-state index is 6.11. The molecule has 0 amide bonds. The van der Waals surface area contributed by atoms with E-state index in [0.717, 1.165) is 57.9 Å². The minimum absolute atomic E-state index is 0.200. The molecule has 2 N–H and O–H groups in total. The fourth-order valence-electron chi connectivity index (χ4n) is 3.14. The summed E-state index contributed by atoms with van der Waals surface area (Å²) in [6, 6.07) is 6.49. The van der Waals surface area contributed by atoms with Gasteiger partial charge in [-0.2, -0.15) is 0 Å². The summed E-state index contributed by atoms with van der Waals surface area (Å²) in [6.07, 6.45) is 2.11. The zero-order valence-electron chi connectivity index (χ0n) is 12.3. The zero-order chi connectivity index (χ0) is 13.9. The second kappa shape index (κ2) is 6.12. The summed E-state index contributed by atoms with van der Waals surface area (Å²) in [6.45, 7) is 6.42. The molecule has 0 saturated carbocycles. The fourth-order valence-corrected chi connectivity index (χ4v) is 3.14. The van der Waals surface area contributed by atoms with Gasteiger partial charge in [0.25, 0.3) is 0 Å². The number of nitrogens with zero attached hydrogens (tertiary/aromatic N) is 2. The molecule has 1 heterocycles. The Morgan fingerprint density at radius 3 is 2.85 bits per heavy atom. The van der Waals surface area contributed by atoms with Gasteiger partial charge in [-0.25, -0.2) is 0 Å². The molecule has 4 heteroatoms. The van der Waals surface area contributed by atoms with E-state index < -0.39 is 0 Å². The van der Waals surface area contributed by atoms with Crippen LogP contribution < -0.4 is 10.5 Å².